The van der Waals surface area contributed by atoms with Gasteiger partial charge in [0.25, 0.3) is 0 Å². The van der Waals surface area contributed by atoms with Crippen molar-refractivity contribution in [2.45, 2.75) is 53.4 Å². The van der Waals surface area contributed by atoms with Gasteiger partial charge >= 0.3 is 0 Å². The fourth-order valence-electron chi connectivity index (χ4n) is 9.38. The summed E-state index contributed by atoms with van der Waals surface area (Å²) in [5.74, 6) is 1.67. The lowest BCUT2D eigenvalue weighted by atomic mass is 9.85. The number of aromatic nitrogens is 4. The molecular formula is C56H50N5+. The second-order valence-electron chi connectivity index (χ2n) is 16.9. The molecule has 61 heavy (non-hydrogen) atoms. The molecule has 0 aliphatic rings. The molecule has 3 aromatic heterocycles. The van der Waals surface area contributed by atoms with Crippen molar-refractivity contribution in [3.63, 3.8) is 0 Å². The summed E-state index contributed by atoms with van der Waals surface area (Å²) >= 11 is 0. The van der Waals surface area contributed by atoms with Crippen LogP contribution in [0.2, 0.25) is 0 Å². The first-order valence-electron chi connectivity index (χ1n) is 21.4. The molecule has 0 saturated carbocycles. The van der Waals surface area contributed by atoms with Crippen LogP contribution < -0.4 is 4.90 Å². The predicted octanol–water partition coefficient (Wildman–Crippen LogP) is 15.2. The molecule has 0 atom stereocenters. The number of para-hydroxylation sites is 5. The number of pyridine rings is 1. The number of rotatable bonds is 9. The molecule has 5 heteroatoms. The second-order valence-corrected chi connectivity index (χ2v) is 16.9. The van der Waals surface area contributed by atoms with Crippen molar-refractivity contribution in [1.29, 1.82) is 0 Å². The van der Waals surface area contributed by atoms with Crippen LogP contribution in [0, 0.1) is 13.8 Å². The Morgan fingerprint density at radius 1 is 0.492 bits per heavy atom. The number of hydrogen-bond donors (Lipinski definition) is 0. The van der Waals surface area contributed by atoms with E-state index in [2.05, 4.69) is 236 Å². The Kier molecular flexibility index (Phi) is 9.60. The van der Waals surface area contributed by atoms with Crippen LogP contribution in [0.3, 0.4) is 0 Å². The van der Waals surface area contributed by atoms with Crippen LogP contribution in [0.4, 0.5) is 17.1 Å². The first-order valence-corrected chi connectivity index (χ1v) is 21.4. The summed E-state index contributed by atoms with van der Waals surface area (Å²) in [4.78, 5) is 7.55. The Bertz CT molecular complexity index is 3190. The van der Waals surface area contributed by atoms with E-state index in [1.165, 1.54) is 49.8 Å². The lowest BCUT2D eigenvalue weighted by molar-refractivity contribution is 0.838. The highest BCUT2D eigenvalue weighted by atomic mass is 15.2. The van der Waals surface area contributed by atoms with Gasteiger partial charge in [0, 0.05) is 40.9 Å². The third kappa shape index (κ3) is 6.58. The molecule has 0 saturated heterocycles. The van der Waals surface area contributed by atoms with E-state index >= 15 is 0 Å². The van der Waals surface area contributed by atoms with Gasteiger partial charge in [-0.05, 0) is 114 Å². The summed E-state index contributed by atoms with van der Waals surface area (Å²) in [5.41, 5.74) is 17.7. The van der Waals surface area contributed by atoms with Gasteiger partial charge in [-0.3, -0.25) is 4.57 Å². The van der Waals surface area contributed by atoms with E-state index < -0.39 is 0 Å². The quantitative estimate of drug-likeness (QED) is 0.136. The average Bonchev–Trinajstić information content (AvgIpc) is 3.84. The van der Waals surface area contributed by atoms with Crippen LogP contribution in [-0.2, 0) is 0 Å². The summed E-state index contributed by atoms with van der Waals surface area (Å²) in [5, 5.41) is 2.39. The van der Waals surface area contributed by atoms with Gasteiger partial charge in [-0.1, -0.05) is 125 Å². The van der Waals surface area contributed by atoms with Crippen molar-refractivity contribution >= 4 is 49.9 Å². The van der Waals surface area contributed by atoms with Crippen LogP contribution >= 0.6 is 0 Å². The zero-order chi connectivity index (χ0) is 41.8. The molecule has 7 aromatic carbocycles. The normalized spacial score (nSPS) is 11.7. The van der Waals surface area contributed by atoms with Gasteiger partial charge in [-0.25, -0.2) is 4.98 Å². The molecule has 0 aliphatic heterocycles. The van der Waals surface area contributed by atoms with Crippen molar-refractivity contribution in [1.82, 2.24) is 18.7 Å². The van der Waals surface area contributed by atoms with Crippen LogP contribution in [0.1, 0.15) is 61.8 Å². The maximum Gasteiger partial charge on any atom is 0.168 e. The molecule has 0 N–H and O–H groups in total. The van der Waals surface area contributed by atoms with Crippen LogP contribution in [0.15, 0.2) is 182 Å². The molecule has 0 bridgehead atoms. The Labute approximate surface area is 358 Å². The zero-order valence-corrected chi connectivity index (χ0v) is 35.7. The second kappa shape index (κ2) is 15.4. The maximum absolute atomic E-state index is 5.11. The van der Waals surface area contributed by atoms with Gasteiger partial charge in [0.1, 0.15) is 17.2 Å². The van der Waals surface area contributed by atoms with Crippen molar-refractivity contribution < 1.29 is 0 Å². The summed E-state index contributed by atoms with van der Waals surface area (Å²) in [6, 6.07) is 61.6. The largest absolute Gasteiger partial charge is 0.309 e. The van der Waals surface area contributed by atoms with Gasteiger partial charge < -0.3 is 4.90 Å². The third-order valence-corrected chi connectivity index (χ3v) is 12.2. The number of benzene rings is 7. The predicted molar refractivity (Wildman–Crippen MR) is 257 cm³/mol. The zero-order valence-electron chi connectivity index (χ0n) is 35.7. The Morgan fingerprint density at radius 3 is 1.77 bits per heavy atom. The molecule has 5 nitrogen and oxygen atoms in total. The molecule has 3 heterocycles. The van der Waals surface area contributed by atoms with E-state index in [0.717, 1.165) is 50.6 Å². The molecule has 0 unspecified atom stereocenters. The molecular weight excluding hydrogens is 743 g/mol. The lowest BCUT2D eigenvalue weighted by Crippen LogP contribution is -2.13. The van der Waals surface area contributed by atoms with Gasteiger partial charge in [-0.2, -0.15) is 9.13 Å². The van der Waals surface area contributed by atoms with Crippen LogP contribution in [-0.4, -0.2) is 18.7 Å². The van der Waals surface area contributed by atoms with Gasteiger partial charge in [0.15, 0.2) is 17.4 Å². The monoisotopic (exact) mass is 792 g/mol. The Balaban J connectivity index is 1.18. The molecule has 0 aliphatic carbocycles. The highest BCUT2D eigenvalue weighted by molar-refractivity contribution is 6.10. The lowest BCUT2D eigenvalue weighted by Gasteiger charge is -2.29. The van der Waals surface area contributed by atoms with Gasteiger partial charge in [0.2, 0.25) is 0 Å². The number of aryl methyl sites for hydroxylation is 2. The summed E-state index contributed by atoms with van der Waals surface area (Å²) in [6.07, 6.45) is 4.19. The first kappa shape index (κ1) is 38.0. The van der Waals surface area contributed by atoms with Crippen molar-refractivity contribution in [2.24, 2.45) is 0 Å². The van der Waals surface area contributed by atoms with Crippen LogP contribution in [0.25, 0.3) is 61.2 Å². The van der Waals surface area contributed by atoms with E-state index in [1.54, 1.807) is 0 Å². The summed E-state index contributed by atoms with van der Waals surface area (Å²) < 4.78 is 6.93. The molecule has 0 fully saturated rings. The van der Waals surface area contributed by atoms with Gasteiger partial charge in [0.05, 0.1) is 22.4 Å². The highest BCUT2D eigenvalue weighted by Gasteiger charge is 2.24. The van der Waals surface area contributed by atoms with E-state index in [9.17, 15) is 0 Å². The fraction of sp³-hybridized carbons (Fsp3) is 0.143. The van der Waals surface area contributed by atoms with E-state index in [1.807, 2.05) is 6.20 Å². The molecule has 0 spiro atoms. The molecule has 0 radical (unpaired) electrons. The number of hydrogen-bond acceptors (Lipinski definition) is 2. The summed E-state index contributed by atoms with van der Waals surface area (Å²) in [6.45, 7) is 13.6. The van der Waals surface area contributed by atoms with Crippen LogP contribution in [0.5, 0.6) is 0 Å². The van der Waals surface area contributed by atoms with Crippen molar-refractivity contribution in [2.75, 3.05) is 4.90 Å². The van der Waals surface area contributed by atoms with E-state index in [-0.39, 0.29) is 0 Å². The summed E-state index contributed by atoms with van der Waals surface area (Å²) in [7, 11) is 0. The molecule has 298 valence electrons. The molecule has 0 amide bonds. The Hall–Kier alpha value is -7.24. The van der Waals surface area contributed by atoms with Gasteiger partial charge in [-0.15, -0.1) is 0 Å². The van der Waals surface area contributed by atoms with Crippen molar-refractivity contribution in [3.05, 3.63) is 205 Å². The number of nitrogens with zero attached hydrogens (tertiary/aromatic N) is 5. The first-order chi connectivity index (χ1) is 29.8. The number of fused-ring (bicyclic) bond motifs is 4. The smallest absolute Gasteiger partial charge is 0.168 e. The maximum atomic E-state index is 5.11. The van der Waals surface area contributed by atoms with E-state index in [0.29, 0.717) is 11.8 Å². The Morgan fingerprint density at radius 2 is 1.07 bits per heavy atom. The number of anilines is 3. The van der Waals surface area contributed by atoms with Crippen molar-refractivity contribution in [3.8, 4) is 28.3 Å². The number of imidazole rings is 1. The molecule has 10 rings (SSSR count). The fourth-order valence-corrected chi connectivity index (χ4v) is 9.38. The minimum absolute atomic E-state index is 0.386. The highest BCUT2D eigenvalue weighted by Crippen LogP contribution is 2.43. The standard InChI is InChI=1S/C56H50N5/c1-37(2)46-24-16-25-47(38(3)4)55(46)41-31-32-57-54(33-41)61-50-26-11-10-23-48(50)49-30-29-45(35-53(49)61)60(56-39(5)17-14-18-40(56)6)44-22-15-21-43(34-44)59-36-58(42-19-8-7-9-20-42)51-27-12-13-28-52(51)59/h7-38H,1-6H3/q+1. The average molecular weight is 793 g/mol. The topological polar surface area (TPSA) is 30.9 Å². The molecule has 10 aromatic rings. The minimum atomic E-state index is 0.386. The SMILES string of the molecule is Cc1cccc(C)c1N(c1cccc(-n2[cH+]n(-c3ccccc3)c3ccccc32)c1)c1ccc2c3ccccc3n(-c3cc(-c4c(C(C)C)cccc4C(C)C)ccn3)c2c1. The minimum Gasteiger partial charge on any atom is -0.309 e. The van der Waals surface area contributed by atoms with E-state index in [4.69, 9.17) is 4.98 Å². The third-order valence-electron chi connectivity index (χ3n) is 12.2.